The second kappa shape index (κ2) is 7.44. The third kappa shape index (κ3) is 5.04. The topological polar surface area (TPSA) is 61.3 Å². The van der Waals surface area contributed by atoms with Crippen LogP contribution < -0.4 is 10.2 Å². The maximum absolute atomic E-state index is 12.9. The van der Waals surface area contributed by atoms with Crippen molar-refractivity contribution < 1.29 is 18.3 Å². The number of nitrogens with zero attached hydrogens (tertiary/aromatic N) is 3. The van der Waals surface area contributed by atoms with Crippen molar-refractivity contribution >= 4 is 11.6 Å². The minimum atomic E-state index is -4.61. The lowest BCUT2D eigenvalue weighted by Crippen LogP contribution is -2.34. The van der Waals surface area contributed by atoms with Crippen molar-refractivity contribution in [1.29, 1.82) is 0 Å². The summed E-state index contributed by atoms with van der Waals surface area (Å²) in [5, 5.41) is 11.9. The number of rotatable bonds is 7. The molecule has 21 heavy (non-hydrogen) atoms. The van der Waals surface area contributed by atoms with Gasteiger partial charge in [-0.1, -0.05) is 6.92 Å². The van der Waals surface area contributed by atoms with Gasteiger partial charge in [-0.3, -0.25) is 0 Å². The molecule has 1 aromatic rings. The van der Waals surface area contributed by atoms with Crippen LogP contribution in [-0.2, 0) is 6.18 Å². The smallest absolute Gasteiger partial charge is 0.395 e. The molecule has 0 aromatic carbocycles. The Bertz CT molecular complexity index is 452. The largest absolute Gasteiger partial charge is 0.451 e. The van der Waals surface area contributed by atoms with Crippen LogP contribution in [0.2, 0.25) is 0 Å². The van der Waals surface area contributed by atoms with Gasteiger partial charge in [0, 0.05) is 25.2 Å². The monoisotopic (exact) mass is 306 g/mol. The molecular weight excluding hydrogens is 285 g/mol. The molecule has 5 nitrogen and oxygen atoms in total. The van der Waals surface area contributed by atoms with Gasteiger partial charge in [0.25, 0.3) is 0 Å². The molecule has 120 valence electrons. The lowest BCUT2D eigenvalue weighted by molar-refractivity contribution is -0.144. The second-order valence-electron chi connectivity index (χ2n) is 4.87. The van der Waals surface area contributed by atoms with E-state index in [0.29, 0.717) is 6.54 Å². The van der Waals surface area contributed by atoms with Crippen LogP contribution in [0.1, 0.15) is 33.0 Å². The molecular formula is C13H21F3N4O. The molecule has 0 radical (unpaired) electrons. The van der Waals surface area contributed by atoms with Crippen LogP contribution in [0.15, 0.2) is 6.07 Å². The molecule has 1 rings (SSSR count). The first-order valence-corrected chi connectivity index (χ1v) is 6.87. The van der Waals surface area contributed by atoms with E-state index in [1.165, 1.54) is 6.07 Å². The Hall–Kier alpha value is -1.57. The first-order chi connectivity index (χ1) is 9.79. The Labute approximate surface area is 122 Å². The summed E-state index contributed by atoms with van der Waals surface area (Å²) < 4.78 is 38.7. The van der Waals surface area contributed by atoms with Crippen molar-refractivity contribution in [2.24, 2.45) is 0 Å². The highest BCUT2D eigenvalue weighted by atomic mass is 19.4. The van der Waals surface area contributed by atoms with Crippen molar-refractivity contribution in [2.45, 2.75) is 39.4 Å². The molecule has 1 aromatic heterocycles. The van der Waals surface area contributed by atoms with Gasteiger partial charge < -0.3 is 15.3 Å². The molecule has 0 fully saturated rings. The number of anilines is 2. The quantitative estimate of drug-likeness (QED) is 0.810. The van der Waals surface area contributed by atoms with Crippen LogP contribution in [0, 0.1) is 0 Å². The fourth-order valence-electron chi connectivity index (χ4n) is 1.80. The maximum atomic E-state index is 12.9. The van der Waals surface area contributed by atoms with Crippen LogP contribution in [0.5, 0.6) is 0 Å². The second-order valence-corrected chi connectivity index (χ2v) is 4.87. The summed E-state index contributed by atoms with van der Waals surface area (Å²) in [6.07, 6.45) is -3.84. The molecule has 1 heterocycles. The Morgan fingerprint density at radius 3 is 2.48 bits per heavy atom. The highest BCUT2D eigenvalue weighted by Crippen LogP contribution is 2.29. The highest BCUT2D eigenvalue weighted by molar-refractivity contribution is 5.50. The summed E-state index contributed by atoms with van der Waals surface area (Å²) >= 11 is 0. The van der Waals surface area contributed by atoms with Crippen LogP contribution >= 0.6 is 0 Å². The van der Waals surface area contributed by atoms with Crippen LogP contribution in [0.4, 0.5) is 24.8 Å². The Kier molecular flexibility index (Phi) is 6.19. The van der Waals surface area contributed by atoms with E-state index in [4.69, 9.17) is 5.11 Å². The Morgan fingerprint density at radius 1 is 1.33 bits per heavy atom. The van der Waals surface area contributed by atoms with Gasteiger partial charge in [0.1, 0.15) is 11.6 Å². The van der Waals surface area contributed by atoms with E-state index >= 15 is 0 Å². The summed E-state index contributed by atoms with van der Waals surface area (Å²) in [6.45, 7) is 6.12. The van der Waals surface area contributed by atoms with Crippen LogP contribution in [-0.4, -0.2) is 40.8 Å². The third-order valence-electron chi connectivity index (χ3n) is 2.78. The standard InChI is InChI=1S/C13H21F3N4O/c1-4-5-17-10-8-11(20(6-7-21)9(2)3)19-12(18-10)13(14,15)16/h8-9,21H,4-7H2,1-3H3,(H,17,18,19). The average molecular weight is 306 g/mol. The molecule has 2 N–H and O–H groups in total. The number of hydrogen-bond acceptors (Lipinski definition) is 5. The van der Waals surface area contributed by atoms with Crippen LogP contribution in [0.25, 0.3) is 0 Å². The zero-order valence-electron chi connectivity index (χ0n) is 12.4. The van der Waals surface area contributed by atoms with Crippen molar-refractivity contribution in [3.8, 4) is 0 Å². The fourth-order valence-corrected chi connectivity index (χ4v) is 1.80. The number of alkyl halides is 3. The molecule has 0 aliphatic rings. The highest BCUT2D eigenvalue weighted by Gasteiger charge is 2.36. The molecule has 0 aliphatic carbocycles. The Morgan fingerprint density at radius 2 is 2.00 bits per heavy atom. The van der Waals surface area contributed by atoms with Gasteiger partial charge in [-0.05, 0) is 20.3 Å². The van der Waals surface area contributed by atoms with Gasteiger partial charge in [-0.25, -0.2) is 9.97 Å². The van der Waals surface area contributed by atoms with E-state index in [9.17, 15) is 13.2 Å². The minimum absolute atomic E-state index is 0.0906. The van der Waals surface area contributed by atoms with Crippen molar-refractivity contribution in [1.82, 2.24) is 9.97 Å². The van der Waals surface area contributed by atoms with E-state index in [0.717, 1.165) is 6.42 Å². The van der Waals surface area contributed by atoms with Gasteiger partial charge >= 0.3 is 6.18 Å². The predicted molar refractivity (Wildman–Crippen MR) is 75.4 cm³/mol. The molecule has 0 saturated carbocycles. The summed E-state index contributed by atoms with van der Waals surface area (Å²) in [5.41, 5.74) is 0. The SMILES string of the molecule is CCCNc1cc(N(CCO)C(C)C)nc(C(F)(F)F)n1. The zero-order chi connectivity index (χ0) is 16.0. The van der Waals surface area contributed by atoms with E-state index < -0.39 is 12.0 Å². The van der Waals surface area contributed by atoms with E-state index in [1.54, 1.807) is 4.90 Å². The first kappa shape index (κ1) is 17.5. The fraction of sp³-hybridized carbons (Fsp3) is 0.692. The third-order valence-corrected chi connectivity index (χ3v) is 2.78. The molecule has 0 aliphatic heterocycles. The first-order valence-electron chi connectivity index (χ1n) is 6.87. The van der Waals surface area contributed by atoms with E-state index in [-0.39, 0.29) is 30.8 Å². The van der Waals surface area contributed by atoms with Crippen LogP contribution in [0.3, 0.4) is 0 Å². The Balaban J connectivity index is 3.22. The van der Waals surface area contributed by atoms with Gasteiger partial charge in [0.15, 0.2) is 0 Å². The van der Waals surface area contributed by atoms with E-state index in [2.05, 4.69) is 15.3 Å². The molecule has 0 amide bonds. The summed E-state index contributed by atoms with van der Waals surface area (Å²) in [4.78, 5) is 8.70. The molecule has 0 spiro atoms. The van der Waals surface area contributed by atoms with Gasteiger partial charge in [0.05, 0.1) is 6.61 Å². The van der Waals surface area contributed by atoms with Gasteiger partial charge in [-0.15, -0.1) is 0 Å². The number of aromatic nitrogens is 2. The van der Waals surface area contributed by atoms with Crippen molar-refractivity contribution in [3.05, 3.63) is 11.9 Å². The summed E-state index contributed by atoms with van der Waals surface area (Å²) in [6, 6.07) is 1.38. The number of hydrogen-bond donors (Lipinski definition) is 2. The van der Waals surface area contributed by atoms with Gasteiger partial charge in [0.2, 0.25) is 5.82 Å². The number of aliphatic hydroxyl groups is 1. The molecule has 0 atom stereocenters. The number of halogens is 3. The number of aliphatic hydroxyl groups excluding tert-OH is 1. The van der Waals surface area contributed by atoms with Gasteiger partial charge in [-0.2, -0.15) is 13.2 Å². The lowest BCUT2D eigenvalue weighted by atomic mass is 10.3. The minimum Gasteiger partial charge on any atom is -0.395 e. The molecule has 0 saturated heterocycles. The summed E-state index contributed by atoms with van der Waals surface area (Å²) in [7, 11) is 0. The zero-order valence-corrected chi connectivity index (χ0v) is 12.4. The average Bonchev–Trinajstić information content (AvgIpc) is 2.40. The number of nitrogens with one attached hydrogen (secondary N) is 1. The normalized spacial score (nSPS) is 11.8. The van der Waals surface area contributed by atoms with Crippen molar-refractivity contribution in [2.75, 3.05) is 29.9 Å². The molecule has 0 bridgehead atoms. The predicted octanol–water partition coefficient (Wildman–Crippen LogP) is 2.52. The molecule has 0 unspecified atom stereocenters. The van der Waals surface area contributed by atoms with Crippen molar-refractivity contribution in [3.63, 3.8) is 0 Å². The summed E-state index contributed by atoms with van der Waals surface area (Å²) in [5.74, 6) is -0.889. The lowest BCUT2D eigenvalue weighted by Gasteiger charge is -2.27. The molecule has 8 heteroatoms. The van der Waals surface area contributed by atoms with E-state index in [1.807, 2.05) is 20.8 Å². The maximum Gasteiger partial charge on any atom is 0.451 e.